The number of thioether (sulfide) groups is 1. The van der Waals surface area contributed by atoms with Crippen LogP contribution in [0.15, 0.2) is 34.5 Å². The molecule has 1 aliphatic carbocycles. The second-order valence-electron chi connectivity index (χ2n) is 6.45. The summed E-state index contributed by atoms with van der Waals surface area (Å²) in [4.78, 5) is 17.5. The summed E-state index contributed by atoms with van der Waals surface area (Å²) in [5, 5.41) is 9.62. The Labute approximate surface area is 140 Å². The molecule has 0 radical (unpaired) electrons. The molecule has 0 amide bonds. The number of hydrogen-bond acceptors (Lipinski definition) is 4. The fourth-order valence-corrected chi connectivity index (χ4v) is 5.30. The molecule has 1 fully saturated rings. The number of benzene rings is 1. The number of aryl methyl sites for hydroxylation is 1. The monoisotopic (exact) mass is 322 g/mol. The van der Waals surface area contributed by atoms with E-state index in [0.717, 1.165) is 47.4 Å². The third-order valence-corrected chi connectivity index (χ3v) is 6.39. The second-order valence-corrected chi connectivity index (χ2v) is 7.69. The lowest BCUT2D eigenvalue weighted by atomic mass is 9.76. The predicted octanol–water partition coefficient (Wildman–Crippen LogP) is 3.92. The summed E-state index contributed by atoms with van der Waals surface area (Å²) in [5.41, 5.74) is 5.98. The Morgan fingerprint density at radius 1 is 1.30 bits per heavy atom. The largest absolute Gasteiger partial charge is 0.294 e. The van der Waals surface area contributed by atoms with Gasteiger partial charge in [0.05, 0.1) is 16.9 Å². The summed E-state index contributed by atoms with van der Waals surface area (Å²) in [6, 6.07) is 8.36. The first-order valence-corrected chi connectivity index (χ1v) is 9.20. The molecule has 1 saturated heterocycles. The topological polar surface area (TPSA) is 53.2 Å². The van der Waals surface area contributed by atoms with Crippen molar-refractivity contribution in [2.75, 3.05) is 5.75 Å². The van der Waals surface area contributed by atoms with Crippen molar-refractivity contribution < 1.29 is 4.79 Å². The minimum Gasteiger partial charge on any atom is -0.294 e. The van der Waals surface area contributed by atoms with Crippen LogP contribution >= 0.6 is 11.8 Å². The Bertz CT molecular complexity index is 800. The summed E-state index contributed by atoms with van der Waals surface area (Å²) in [6.07, 6.45) is 3.48. The first-order valence-electron chi connectivity index (χ1n) is 8.15. The van der Waals surface area contributed by atoms with Crippen molar-refractivity contribution in [1.29, 1.82) is 5.26 Å². The molecule has 23 heavy (non-hydrogen) atoms. The number of aliphatic imine (C=N–C) groups is 1. The van der Waals surface area contributed by atoms with Gasteiger partial charge >= 0.3 is 0 Å². The van der Waals surface area contributed by atoms with Gasteiger partial charge in [0.1, 0.15) is 0 Å². The summed E-state index contributed by atoms with van der Waals surface area (Å²) in [5.74, 6) is 1.40. The van der Waals surface area contributed by atoms with Crippen molar-refractivity contribution in [3.63, 3.8) is 0 Å². The van der Waals surface area contributed by atoms with Gasteiger partial charge < -0.3 is 0 Å². The van der Waals surface area contributed by atoms with E-state index >= 15 is 0 Å². The normalized spacial score (nSPS) is 26.4. The second kappa shape index (κ2) is 5.65. The Balaban J connectivity index is 1.88. The molecule has 116 valence electrons. The van der Waals surface area contributed by atoms with Gasteiger partial charge in [-0.1, -0.05) is 12.1 Å². The number of ketones is 1. The average Bonchev–Trinajstić information content (AvgIpc) is 3.02. The number of hydrogen-bond donors (Lipinski definition) is 0. The summed E-state index contributed by atoms with van der Waals surface area (Å²) < 4.78 is 0. The highest BCUT2D eigenvalue weighted by Crippen LogP contribution is 2.47. The molecule has 2 atom stereocenters. The molecule has 4 rings (SSSR count). The Morgan fingerprint density at radius 3 is 3.00 bits per heavy atom. The van der Waals surface area contributed by atoms with E-state index < -0.39 is 0 Å². The molecular formula is C19H18N2OS. The van der Waals surface area contributed by atoms with Crippen LogP contribution in [-0.4, -0.2) is 22.5 Å². The number of fused-ring (bicyclic) bond motifs is 1. The molecule has 2 heterocycles. The minimum atomic E-state index is 0.0745. The van der Waals surface area contributed by atoms with Crippen LogP contribution in [0, 0.1) is 18.3 Å². The highest BCUT2D eigenvalue weighted by Gasteiger charge is 2.42. The van der Waals surface area contributed by atoms with Crippen molar-refractivity contribution in [2.45, 2.75) is 43.8 Å². The van der Waals surface area contributed by atoms with E-state index in [2.05, 4.69) is 12.1 Å². The number of nitriles is 1. The standard InChI is InChI=1S/C19H18N2OS/c1-11-5-6-12(9-13(11)10-20)17-18-14(3-2-4-16(18)22)21-15-7-8-23-19(15)17/h5-6,9,17,19H,2-4,7-8H2,1H3. The fraction of sp³-hybridized carbons (Fsp3) is 0.421. The van der Waals surface area contributed by atoms with Gasteiger partial charge in [-0.3, -0.25) is 9.79 Å². The van der Waals surface area contributed by atoms with E-state index in [0.29, 0.717) is 12.0 Å². The number of carbonyl (C=O) groups excluding carboxylic acids is 1. The molecule has 3 aliphatic rings. The van der Waals surface area contributed by atoms with Gasteiger partial charge in [-0.25, -0.2) is 0 Å². The molecule has 3 nitrogen and oxygen atoms in total. The van der Waals surface area contributed by atoms with Crippen molar-refractivity contribution in [1.82, 2.24) is 0 Å². The maximum Gasteiger partial charge on any atom is 0.161 e. The summed E-state index contributed by atoms with van der Waals surface area (Å²) >= 11 is 1.90. The van der Waals surface area contributed by atoms with Crippen molar-refractivity contribution in [2.24, 2.45) is 4.99 Å². The smallest absolute Gasteiger partial charge is 0.161 e. The zero-order valence-corrected chi connectivity index (χ0v) is 13.9. The molecule has 0 N–H and O–H groups in total. The van der Waals surface area contributed by atoms with Crippen LogP contribution in [0.4, 0.5) is 0 Å². The number of Topliss-reactive ketones (excluding diaryl/α,β-unsaturated/α-hetero) is 1. The molecule has 1 aromatic carbocycles. The SMILES string of the molecule is Cc1ccc(C2C3=C(CCCC3=O)N=C3CCSC32)cc1C#N. The van der Waals surface area contributed by atoms with E-state index in [1.54, 1.807) is 0 Å². The zero-order valence-electron chi connectivity index (χ0n) is 13.1. The quantitative estimate of drug-likeness (QED) is 0.787. The average molecular weight is 322 g/mol. The van der Waals surface area contributed by atoms with Crippen molar-refractivity contribution >= 4 is 23.3 Å². The van der Waals surface area contributed by atoms with Crippen LogP contribution in [0.25, 0.3) is 0 Å². The maximum atomic E-state index is 12.6. The Morgan fingerprint density at radius 2 is 2.17 bits per heavy atom. The van der Waals surface area contributed by atoms with E-state index in [4.69, 9.17) is 4.99 Å². The Kier molecular flexibility index (Phi) is 3.61. The Hall–Kier alpha value is -1.86. The van der Waals surface area contributed by atoms with Gasteiger partial charge in [-0.15, -0.1) is 0 Å². The lowest BCUT2D eigenvalue weighted by molar-refractivity contribution is -0.116. The van der Waals surface area contributed by atoms with Crippen LogP contribution in [0.2, 0.25) is 0 Å². The molecule has 4 heteroatoms. The molecule has 2 aliphatic heterocycles. The van der Waals surface area contributed by atoms with Crippen LogP contribution in [0.1, 0.15) is 48.3 Å². The van der Waals surface area contributed by atoms with Crippen molar-refractivity contribution in [3.05, 3.63) is 46.2 Å². The van der Waals surface area contributed by atoms with Gasteiger partial charge in [0.15, 0.2) is 5.78 Å². The van der Waals surface area contributed by atoms with Gasteiger partial charge in [-0.2, -0.15) is 17.0 Å². The van der Waals surface area contributed by atoms with Gasteiger partial charge in [0.2, 0.25) is 0 Å². The van der Waals surface area contributed by atoms with E-state index in [1.165, 1.54) is 5.71 Å². The molecule has 0 bridgehead atoms. The highest BCUT2D eigenvalue weighted by atomic mass is 32.2. The molecule has 0 aromatic heterocycles. The summed E-state index contributed by atoms with van der Waals surface area (Å²) in [7, 11) is 0. The fourth-order valence-electron chi connectivity index (χ4n) is 3.87. The third-order valence-electron chi connectivity index (χ3n) is 5.05. The summed E-state index contributed by atoms with van der Waals surface area (Å²) in [6.45, 7) is 1.96. The highest BCUT2D eigenvalue weighted by molar-refractivity contribution is 8.01. The van der Waals surface area contributed by atoms with Crippen LogP contribution < -0.4 is 0 Å². The number of carbonyl (C=O) groups is 1. The molecule has 0 spiro atoms. The van der Waals surface area contributed by atoms with Crippen LogP contribution in [-0.2, 0) is 4.79 Å². The molecule has 1 aromatic rings. The maximum absolute atomic E-state index is 12.6. The first-order chi connectivity index (χ1) is 11.2. The lowest BCUT2D eigenvalue weighted by Crippen LogP contribution is -2.32. The lowest BCUT2D eigenvalue weighted by Gasteiger charge is -2.33. The van der Waals surface area contributed by atoms with E-state index in [1.807, 2.05) is 30.8 Å². The van der Waals surface area contributed by atoms with Crippen molar-refractivity contribution in [3.8, 4) is 6.07 Å². The third kappa shape index (κ3) is 2.35. The van der Waals surface area contributed by atoms with Gasteiger partial charge in [0, 0.05) is 29.3 Å². The van der Waals surface area contributed by atoms with Crippen LogP contribution in [0.3, 0.4) is 0 Å². The van der Waals surface area contributed by atoms with Gasteiger partial charge in [0.25, 0.3) is 0 Å². The number of rotatable bonds is 1. The number of nitrogens with zero attached hydrogens (tertiary/aromatic N) is 2. The molecule has 2 unspecified atom stereocenters. The molecular weight excluding hydrogens is 304 g/mol. The predicted molar refractivity (Wildman–Crippen MR) is 92.8 cm³/mol. The van der Waals surface area contributed by atoms with Gasteiger partial charge in [-0.05, 0) is 49.1 Å². The van der Waals surface area contributed by atoms with E-state index in [-0.39, 0.29) is 17.0 Å². The molecule has 0 saturated carbocycles. The minimum absolute atomic E-state index is 0.0745. The van der Waals surface area contributed by atoms with E-state index in [9.17, 15) is 10.1 Å². The zero-order chi connectivity index (χ0) is 16.0. The van der Waals surface area contributed by atoms with Crippen LogP contribution in [0.5, 0.6) is 0 Å². The first kappa shape index (κ1) is 14.7. The number of allylic oxidation sites excluding steroid dienone is 2.